The molecule has 7 heteroatoms. The van der Waals surface area contributed by atoms with E-state index in [1.807, 2.05) is 12.1 Å². The highest BCUT2D eigenvalue weighted by molar-refractivity contribution is 6.31. The SMILES string of the molecule is COc1ccc(N2C(=O)[C@H](OC)[C@@H]2[C@H]2CC(Cl)C(=O)N2C)cc1. The van der Waals surface area contributed by atoms with Crippen LogP contribution in [0.5, 0.6) is 5.75 Å². The number of carbonyl (C=O) groups excluding carboxylic acids is 2. The van der Waals surface area contributed by atoms with E-state index < -0.39 is 11.5 Å². The lowest BCUT2D eigenvalue weighted by Gasteiger charge is -2.50. The van der Waals surface area contributed by atoms with Crippen LogP contribution >= 0.6 is 11.6 Å². The Hall–Kier alpha value is -1.79. The van der Waals surface area contributed by atoms with Crippen LogP contribution in [0.1, 0.15) is 6.42 Å². The zero-order valence-corrected chi connectivity index (χ0v) is 14.0. The van der Waals surface area contributed by atoms with Crippen molar-refractivity contribution in [1.29, 1.82) is 0 Å². The first-order valence-corrected chi connectivity index (χ1v) is 7.84. The van der Waals surface area contributed by atoms with Gasteiger partial charge in [-0.2, -0.15) is 0 Å². The number of methoxy groups -OCH3 is 2. The molecule has 1 aromatic carbocycles. The number of hydrogen-bond donors (Lipinski definition) is 0. The molecule has 0 radical (unpaired) electrons. The number of halogens is 1. The van der Waals surface area contributed by atoms with Gasteiger partial charge >= 0.3 is 0 Å². The minimum absolute atomic E-state index is 0.110. The molecule has 2 amide bonds. The molecule has 1 aromatic rings. The van der Waals surface area contributed by atoms with Crippen molar-refractivity contribution in [2.45, 2.75) is 30.0 Å². The number of nitrogens with zero attached hydrogens (tertiary/aromatic N) is 2. The summed E-state index contributed by atoms with van der Waals surface area (Å²) in [5, 5.41) is -0.545. The van der Waals surface area contributed by atoms with Crippen molar-refractivity contribution in [2.24, 2.45) is 0 Å². The number of rotatable bonds is 4. The predicted molar refractivity (Wildman–Crippen MR) is 85.9 cm³/mol. The quantitative estimate of drug-likeness (QED) is 0.612. The second-order valence-electron chi connectivity index (χ2n) is 5.77. The molecule has 0 bridgehead atoms. The minimum Gasteiger partial charge on any atom is -0.497 e. The number of likely N-dealkylation sites (tertiary alicyclic amines) is 1. The van der Waals surface area contributed by atoms with E-state index in [1.54, 1.807) is 36.1 Å². The Kier molecular flexibility index (Phi) is 4.21. The first kappa shape index (κ1) is 16.1. The Bertz CT molecular complexity index is 621. The summed E-state index contributed by atoms with van der Waals surface area (Å²) in [6.45, 7) is 0. The number of carbonyl (C=O) groups is 2. The number of anilines is 1. The molecule has 124 valence electrons. The van der Waals surface area contributed by atoms with Crippen LogP contribution in [0.15, 0.2) is 24.3 Å². The molecule has 0 spiro atoms. The number of hydrogen-bond acceptors (Lipinski definition) is 4. The van der Waals surface area contributed by atoms with E-state index in [1.165, 1.54) is 7.11 Å². The third kappa shape index (κ3) is 2.46. The summed E-state index contributed by atoms with van der Waals surface area (Å²) >= 11 is 6.09. The van der Waals surface area contributed by atoms with Gasteiger partial charge in [0.25, 0.3) is 5.91 Å². The molecule has 1 unspecified atom stereocenters. The number of β-lactam (4-membered cyclic amide) rings is 1. The van der Waals surface area contributed by atoms with Gasteiger partial charge < -0.3 is 19.3 Å². The molecule has 3 rings (SSSR count). The lowest BCUT2D eigenvalue weighted by molar-refractivity contribution is -0.143. The molecule has 0 aromatic heterocycles. The van der Waals surface area contributed by atoms with Gasteiger partial charge in [-0.25, -0.2) is 0 Å². The summed E-state index contributed by atoms with van der Waals surface area (Å²) in [6.07, 6.45) is -0.0548. The number of ether oxygens (including phenoxy) is 2. The van der Waals surface area contributed by atoms with Gasteiger partial charge in [0.15, 0.2) is 6.10 Å². The predicted octanol–water partition coefficient (Wildman–Crippen LogP) is 1.26. The van der Waals surface area contributed by atoms with Gasteiger partial charge in [0.05, 0.1) is 19.2 Å². The Morgan fingerprint density at radius 3 is 2.26 bits per heavy atom. The van der Waals surface area contributed by atoms with Gasteiger partial charge in [0.2, 0.25) is 5.91 Å². The molecule has 6 nitrogen and oxygen atoms in total. The molecular weight excluding hydrogens is 320 g/mol. The van der Waals surface area contributed by atoms with E-state index in [9.17, 15) is 9.59 Å². The van der Waals surface area contributed by atoms with Crippen molar-refractivity contribution in [2.75, 3.05) is 26.2 Å². The van der Waals surface area contributed by atoms with Crippen LogP contribution in [-0.2, 0) is 14.3 Å². The second kappa shape index (κ2) is 6.02. The molecule has 0 saturated carbocycles. The maximum Gasteiger partial charge on any atom is 0.258 e. The Balaban J connectivity index is 1.89. The molecule has 2 aliphatic heterocycles. The van der Waals surface area contributed by atoms with Gasteiger partial charge in [-0.3, -0.25) is 9.59 Å². The Morgan fingerprint density at radius 2 is 1.78 bits per heavy atom. The van der Waals surface area contributed by atoms with Crippen molar-refractivity contribution in [3.8, 4) is 5.75 Å². The van der Waals surface area contributed by atoms with Gasteiger partial charge in [0.1, 0.15) is 11.1 Å². The second-order valence-corrected chi connectivity index (χ2v) is 6.30. The summed E-state index contributed by atoms with van der Waals surface area (Å²) in [5.41, 5.74) is 0.757. The van der Waals surface area contributed by atoms with Gasteiger partial charge in [0, 0.05) is 19.8 Å². The van der Waals surface area contributed by atoms with Crippen LogP contribution in [0.3, 0.4) is 0 Å². The average Bonchev–Trinajstić information content (AvgIpc) is 2.80. The topological polar surface area (TPSA) is 59.1 Å². The molecule has 2 saturated heterocycles. The normalized spacial score (nSPS) is 30.6. The fourth-order valence-electron chi connectivity index (χ4n) is 3.36. The molecule has 4 atom stereocenters. The fraction of sp³-hybridized carbons (Fsp3) is 0.500. The van der Waals surface area contributed by atoms with Crippen LogP contribution in [0.4, 0.5) is 5.69 Å². The smallest absolute Gasteiger partial charge is 0.258 e. The standard InChI is InChI=1S/C16H19ClN2O4/c1-18-12(8-11(17)15(18)20)13-14(23-3)16(21)19(13)9-4-6-10(22-2)7-5-9/h4-7,11-14H,8H2,1-3H3/t11?,12-,13+,14-/m1/s1. The van der Waals surface area contributed by atoms with Crippen LogP contribution in [0, 0.1) is 0 Å². The van der Waals surface area contributed by atoms with E-state index in [4.69, 9.17) is 21.1 Å². The highest BCUT2D eigenvalue weighted by Gasteiger charge is 2.56. The van der Waals surface area contributed by atoms with Gasteiger partial charge in [-0.05, 0) is 30.7 Å². The fourth-order valence-corrected chi connectivity index (χ4v) is 3.70. The van der Waals surface area contributed by atoms with Gasteiger partial charge in [-0.1, -0.05) is 0 Å². The third-order valence-electron chi connectivity index (χ3n) is 4.65. The van der Waals surface area contributed by atoms with Gasteiger partial charge in [-0.15, -0.1) is 11.6 Å². The zero-order valence-electron chi connectivity index (χ0n) is 13.2. The van der Waals surface area contributed by atoms with Crippen molar-refractivity contribution in [3.63, 3.8) is 0 Å². The van der Waals surface area contributed by atoms with E-state index in [0.717, 1.165) is 11.4 Å². The van der Waals surface area contributed by atoms with Crippen molar-refractivity contribution in [3.05, 3.63) is 24.3 Å². The van der Waals surface area contributed by atoms with Crippen molar-refractivity contribution in [1.82, 2.24) is 4.90 Å². The maximum atomic E-state index is 12.4. The van der Waals surface area contributed by atoms with Crippen molar-refractivity contribution >= 4 is 29.1 Å². The Labute approximate surface area is 139 Å². The molecule has 2 heterocycles. The zero-order chi connectivity index (χ0) is 16.7. The minimum atomic E-state index is -0.556. The molecule has 2 fully saturated rings. The summed E-state index contributed by atoms with van der Waals surface area (Å²) in [6, 6.07) is 6.85. The summed E-state index contributed by atoms with van der Waals surface area (Å²) in [5.74, 6) is 0.498. The van der Waals surface area contributed by atoms with E-state index in [0.29, 0.717) is 6.42 Å². The lowest BCUT2D eigenvalue weighted by Crippen LogP contribution is -2.71. The van der Waals surface area contributed by atoms with E-state index in [-0.39, 0.29) is 23.9 Å². The first-order chi connectivity index (χ1) is 11.0. The highest BCUT2D eigenvalue weighted by atomic mass is 35.5. The van der Waals surface area contributed by atoms with E-state index >= 15 is 0 Å². The van der Waals surface area contributed by atoms with Crippen LogP contribution in [0.25, 0.3) is 0 Å². The van der Waals surface area contributed by atoms with Crippen LogP contribution in [0.2, 0.25) is 0 Å². The highest BCUT2D eigenvalue weighted by Crippen LogP contribution is 2.38. The summed E-state index contributed by atoms with van der Waals surface area (Å²) in [7, 11) is 4.82. The average molecular weight is 339 g/mol. The summed E-state index contributed by atoms with van der Waals surface area (Å²) in [4.78, 5) is 27.7. The Morgan fingerprint density at radius 1 is 1.13 bits per heavy atom. The largest absolute Gasteiger partial charge is 0.497 e. The number of amides is 2. The third-order valence-corrected chi connectivity index (χ3v) is 5.01. The number of likely N-dealkylation sites (N-methyl/N-ethyl adjacent to an activating group) is 1. The molecule has 23 heavy (non-hydrogen) atoms. The molecule has 2 aliphatic rings. The number of alkyl halides is 1. The molecule has 0 aliphatic carbocycles. The molecule has 0 N–H and O–H groups in total. The monoisotopic (exact) mass is 338 g/mol. The summed E-state index contributed by atoms with van der Waals surface area (Å²) < 4.78 is 10.5. The first-order valence-electron chi connectivity index (χ1n) is 7.40. The van der Waals surface area contributed by atoms with E-state index in [2.05, 4.69) is 0 Å². The molecular formula is C16H19ClN2O4. The lowest BCUT2D eigenvalue weighted by atomic mass is 9.88. The van der Waals surface area contributed by atoms with Crippen molar-refractivity contribution < 1.29 is 19.1 Å². The maximum absolute atomic E-state index is 12.4. The van der Waals surface area contributed by atoms with Crippen LogP contribution in [-0.4, -0.2) is 61.5 Å². The van der Waals surface area contributed by atoms with Crippen LogP contribution < -0.4 is 9.64 Å². The number of benzene rings is 1.